The van der Waals surface area contributed by atoms with Crippen molar-refractivity contribution in [3.05, 3.63) is 52.0 Å². The molecule has 0 aromatic heterocycles. The lowest BCUT2D eigenvalue weighted by Gasteiger charge is -2.12. The van der Waals surface area contributed by atoms with Crippen LogP contribution in [0.4, 0.5) is 14.5 Å². The first-order valence-corrected chi connectivity index (χ1v) is 6.55. The van der Waals surface area contributed by atoms with Gasteiger partial charge in [0.1, 0.15) is 11.6 Å². The smallest absolute Gasteiger partial charge is 0.162 e. The number of hydrogen-bond acceptors (Lipinski definition) is 3. The second kappa shape index (κ2) is 6.18. The Morgan fingerprint density at radius 2 is 1.90 bits per heavy atom. The lowest BCUT2D eigenvalue weighted by atomic mass is 10.1. The molecule has 112 valence electrons. The van der Waals surface area contributed by atoms with Crippen LogP contribution < -0.4 is 10.1 Å². The summed E-state index contributed by atoms with van der Waals surface area (Å²) >= 11 is 5.91. The van der Waals surface area contributed by atoms with Crippen LogP contribution in [0.25, 0.3) is 0 Å². The lowest BCUT2D eigenvalue weighted by molar-refractivity contribution is 0.371. The zero-order chi connectivity index (χ0) is 15.6. The van der Waals surface area contributed by atoms with Gasteiger partial charge in [-0.15, -0.1) is 0 Å². The van der Waals surface area contributed by atoms with E-state index < -0.39 is 11.6 Å². The van der Waals surface area contributed by atoms with E-state index in [0.717, 1.165) is 12.1 Å². The summed E-state index contributed by atoms with van der Waals surface area (Å²) in [5.41, 5.74) is 0.654. The first-order chi connectivity index (χ1) is 9.92. The summed E-state index contributed by atoms with van der Waals surface area (Å²) in [5.74, 6) is -0.952. The van der Waals surface area contributed by atoms with E-state index in [1.807, 2.05) is 0 Å². The average molecular weight is 314 g/mol. The van der Waals surface area contributed by atoms with E-state index in [2.05, 4.69) is 5.32 Å². The van der Waals surface area contributed by atoms with Gasteiger partial charge in [-0.25, -0.2) is 8.78 Å². The number of ether oxygens (including phenoxy) is 1. The van der Waals surface area contributed by atoms with E-state index in [4.69, 9.17) is 16.3 Å². The number of halogens is 3. The number of rotatable bonds is 4. The van der Waals surface area contributed by atoms with Gasteiger partial charge in [-0.1, -0.05) is 11.6 Å². The van der Waals surface area contributed by atoms with Crippen molar-refractivity contribution in [3.8, 4) is 11.5 Å². The zero-order valence-corrected chi connectivity index (χ0v) is 12.3. The molecule has 0 radical (unpaired) electrons. The molecular weight excluding hydrogens is 300 g/mol. The third kappa shape index (κ3) is 3.36. The SMILES string of the molecule is COc1cc(Cl)cc(CNc2cc(F)c(C)cc2F)c1O. The maximum Gasteiger partial charge on any atom is 0.162 e. The molecule has 2 aromatic carbocycles. The molecule has 0 aliphatic heterocycles. The quantitative estimate of drug-likeness (QED) is 0.886. The number of benzene rings is 2. The van der Waals surface area contributed by atoms with Gasteiger partial charge < -0.3 is 15.2 Å². The van der Waals surface area contributed by atoms with Crippen LogP contribution in [0.15, 0.2) is 24.3 Å². The number of phenols is 1. The molecule has 2 N–H and O–H groups in total. The number of aryl methyl sites for hydroxylation is 1. The van der Waals surface area contributed by atoms with Crippen LogP contribution >= 0.6 is 11.6 Å². The van der Waals surface area contributed by atoms with Gasteiger partial charge >= 0.3 is 0 Å². The minimum absolute atomic E-state index is 0.0106. The normalized spacial score (nSPS) is 10.5. The number of phenolic OH excluding ortho intramolecular Hbond substituents is 1. The molecule has 0 aliphatic carbocycles. The molecule has 6 heteroatoms. The van der Waals surface area contributed by atoms with E-state index in [1.165, 1.54) is 26.2 Å². The van der Waals surface area contributed by atoms with Gasteiger partial charge in [-0.3, -0.25) is 0 Å². The van der Waals surface area contributed by atoms with Gasteiger partial charge in [-0.05, 0) is 24.6 Å². The minimum atomic E-state index is -0.567. The van der Waals surface area contributed by atoms with Crippen LogP contribution in [0.1, 0.15) is 11.1 Å². The summed E-state index contributed by atoms with van der Waals surface area (Å²) < 4.78 is 32.1. The maximum atomic E-state index is 13.7. The summed E-state index contributed by atoms with van der Waals surface area (Å²) in [6, 6.07) is 5.17. The summed E-state index contributed by atoms with van der Waals surface area (Å²) in [7, 11) is 1.40. The van der Waals surface area contributed by atoms with E-state index in [-0.39, 0.29) is 29.3 Å². The Kier molecular flexibility index (Phi) is 4.53. The van der Waals surface area contributed by atoms with Crippen LogP contribution in [-0.4, -0.2) is 12.2 Å². The molecule has 0 aliphatic rings. The van der Waals surface area contributed by atoms with Crippen LogP contribution in [0.3, 0.4) is 0 Å². The largest absolute Gasteiger partial charge is 0.504 e. The first kappa shape index (κ1) is 15.4. The molecule has 0 saturated heterocycles. The van der Waals surface area contributed by atoms with Gasteiger partial charge in [-0.2, -0.15) is 0 Å². The maximum absolute atomic E-state index is 13.7. The second-order valence-electron chi connectivity index (χ2n) is 4.55. The van der Waals surface area contributed by atoms with Crippen LogP contribution in [-0.2, 0) is 6.54 Å². The van der Waals surface area contributed by atoms with E-state index >= 15 is 0 Å². The van der Waals surface area contributed by atoms with Gasteiger partial charge in [0.15, 0.2) is 11.5 Å². The highest BCUT2D eigenvalue weighted by Gasteiger charge is 2.12. The fourth-order valence-electron chi connectivity index (χ4n) is 1.89. The Labute approximate surface area is 126 Å². The van der Waals surface area contributed by atoms with Crippen molar-refractivity contribution in [1.29, 1.82) is 0 Å². The number of hydrogen-bond donors (Lipinski definition) is 2. The highest BCUT2D eigenvalue weighted by atomic mass is 35.5. The highest BCUT2D eigenvalue weighted by molar-refractivity contribution is 6.30. The Hall–Kier alpha value is -2.01. The van der Waals surface area contributed by atoms with Gasteiger partial charge in [0.2, 0.25) is 0 Å². The standard InChI is InChI=1S/C15H14ClF2NO2/c1-8-3-12(18)13(6-11(8)17)19-7-9-4-10(16)5-14(21-2)15(9)20/h3-6,19-20H,7H2,1-2H3. The fourth-order valence-corrected chi connectivity index (χ4v) is 2.12. The summed E-state index contributed by atoms with van der Waals surface area (Å²) in [4.78, 5) is 0. The van der Waals surface area contributed by atoms with Crippen molar-refractivity contribution in [2.45, 2.75) is 13.5 Å². The van der Waals surface area contributed by atoms with Crippen molar-refractivity contribution in [2.24, 2.45) is 0 Å². The van der Waals surface area contributed by atoms with Crippen molar-refractivity contribution in [1.82, 2.24) is 0 Å². The van der Waals surface area contributed by atoms with Crippen LogP contribution in [0, 0.1) is 18.6 Å². The topological polar surface area (TPSA) is 41.5 Å². The molecule has 0 fully saturated rings. The number of methoxy groups -OCH3 is 1. The fraction of sp³-hybridized carbons (Fsp3) is 0.200. The summed E-state index contributed by atoms with van der Waals surface area (Å²) in [6.45, 7) is 1.55. The van der Waals surface area contributed by atoms with Crippen LogP contribution in [0.2, 0.25) is 5.02 Å². The third-order valence-electron chi connectivity index (χ3n) is 3.06. The molecule has 21 heavy (non-hydrogen) atoms. The number of nitrogens with one attached hydrogen (secondary N) is 1. The third-order valence-corrected chi connectivity index (χ3v) is 3.27. The predicted molar refractivity (Wildman–Crippen MR) is 78.1 cm³/mol. The first-order valence-electron chi connectivity index (χ1n) is 6.17. The van der Waals surface area contributed by atoms with Crippen molar-refractivity contribution in [3.63, 3.8) is 0 Å². The predicted octanol–water partition coefficient (Wildman–Crippen LogP) is 4.25. The van der Waals surface area contributed by atoms with E-state index in [9.17, 15) is 13.9 Å². The average Bonchev–Trinajstić information content (AvgIpc) is 2.44. The molecular formula is C15H14ClF2NO2. The molecule has 0 amide bonds. The molecule has 0 saturated carbocycles. The molecule has 2 aromatic rings. The van der Waals surface area contributed by atoms with Crippen LogP contribution in [0.5, 0.6) is 11.5 Å². The monoisotopic (exact) mass is 313 g/mol. The summed E-state index contributed by atoms with van der Waals surface area (Å²) in [5, 5.41) is 13.1. The van der Waals surface area contributed by atoms with Gasteiger partial charge in [0.25, 0.3) is 0 Å². The van der Waals surface area contributed by atoms with E-state index in [1.54, 1.807) is 0 Å². The highest BCUT2D eigenvalue weighted by Crippen LogP contribution is 2.34. The Bertz CT molecular complexity index is 677. The molecule has 2 rings (SSSR count). The molecule has 3 nitrogen and oxygen atoms in total. The minimum Gasteiger partial charge on any atom is -0.504 e. The Morgan fingerprint density at radius 1 is 1.19 bits per heavy atom. The zero-order valence-electron chi connectivity index (χ0n) is 11.5. The second-order valence-corrected chi connectivity index (χ2v) is 4.99. The Balaban J connectivity index is 2.24. The molecule has 0 spiro atoms. The van der Waals surface area contributed by atoms with Gasteiger partial charge in [0.05, 0.1) is 12.8 Å². The molecule has 0 unspecified atom stereocenters. The molecule has 0 atom stereocenters. The molecule has 0 heterocycles. The van der Waals surface area contributed by atoms with Crippen molar-refractivity contribution < 1.29 is 18.6 Å². The Morgan fingerprint density at radius 3 is 2.57 bits per heavy atom. The lowest BCUT2D eigenvalue weighted by Crippen LogP contribution is -2.03. The molecule has 0 bridgehead atoms. The number of aromatic hydroxyl groups is 1. The van der Waals surface area contributed by atoms with Gasteiger partial charge in [0, 0.05) is 29.3 Å². The van der Waals surface area contributed by atoms with Crippen molar-refractivity contribution >= 4 is 17.3 Å². The summed E-state index contributed by atoms with van der Waals surface area (Å²) in [6.07, 6.45) is 0. The van der Waals surface area contributed by atoms with Crippen molar-refractivity contribution in [2.75, 3.05) is 12.4 Å². The number of anilines is 1. The van der Waals surface area contributed by atoms with E-state index in [0.29, 0.717) is 10.6 Å².